The second kappa shape index (κ2) is 4.89. The molecule has 0 amide bonds. The van der Waals surface area contributed by atoms with Crippen molar-refractivity contribution in [3.63, 3.8) is 0 Å². The van der Waals surface area contributed by atoms with Crippen molar-refractivity contribution in [2.75, 3.05) is 0 Å². The number of nitrogens with zero attached hydrogens (tertiary/aromatic N) is 3. The molecule has 2 aromatic heterocycles. The Morgan fingerprint density at radius 2 is 1.68 bits per heavy atom. The van der Waals surface area contributed by atoms with E-state index in [2.05, 4.69) is 4.98 Å². The van der Waals surface area contributed by atoms with E-state index in [9.17, 15) is 4.79 Å². The zero-order valence-corrected chi connectivity index (χ0v) is 12.3. The fourth-order valence-electron chi connectivity index (χ4n) is 2.63. The topological polar surface area (TPSA) is 39.3 Å². The summed E-state index contributed by atoms with van der Waals surface area (Å²) in [7, 11) is 0. The lowest BCUT2D eigenvalue weighted by Gasteiger charge is -2.10. The first-order valence-corrected chi connectivity index (χ1v) is 7.25. The monoisotopic (exact) mass is 305 g/mol. The van der Waals surface area contributed by atoms with Crippen molar-refractivity contribution >= 4 is 28.6 Å². The standard InChI is InChI=1S/C17H11N3OS/c21-17-19-11-4-3-10-15(19)18-16(22)20(17)14-9-5-7-12-6-1-2-8-13(12)14/h1-11H. The molecule has 4 nitrogen and oxygen atoms in total. The maximum Gasteiger partial charge on any atom is 0.340 e. The average molecular weight is 305 g/mol. The minimum absolute atomic E-state index is 0.216. The molecule has 0 aliphatic carbocycles. The Kier molecular flexibility index (Phi) is 2.87. The Hall–Kier alpha value is -2.79. The minimum atomic E-state index is -0.216. The summed E-state index contributed by atoms with van der Waals surface area (Å²) >= 11 is 5.35. The molecule has 0 bridgehead atoms. The molecule has 4 aromatic rings. The van der Waals surface area contributed by atoms with Crippen LogP contribution in [0.15, 0.2) is 71.7 Å². The second-order valence-electron chi connectivity index (χ2n) is 4.94. The van der Waals surface area contributed by atoms with Crippen molar-refractivity contribution in [2.45, 2.75) is 0 Å². The third kappa shape index (κ3) is 1.87. The van der Waals surface area contributed by atoms with Crippen LogP contribution in [0.2, 0.25) is 0 Å². The summed E-state index contributed by atoms with van der Waals surface area (Å²) in [5.41, 5.74) is 1.08. The smallest absolute Gasteiger partial charge is 0.252 e. The number of aromatic nitrogens is 3. The van der Waals surface area contributed by atoms with Gasteiger partial charge in [-0.3, -0.25) is 4.40 Å². The fourth-order valence-corrected chi connectivity index (χ4v) is 2.90. The zero-order chi connectivity index (χ0) is 15.1. The molecule has 0 aliphatic rings. The molecular formula is C17H11N3OS. The number of pyridine rings is 1. The average Bonchev–Trinajstić information content (AvgIpc) is 2.55. The van der Waals surface area contributed by atoms with Gasteiger partial charge >= 0.3 is 5.69 Å². The van der Waals surface area contributed by atoms with Crippen molar-refractivity contribution in [3.8, 4) is 5.69 Å². The van der Waals surface area contributed by atoms with Gasteiger partial charge in [-0.1, -0.05) is 42.5 Å². The first-order valence-electron chi connectivity index (χ1n) is 6.84. The third-order valence-electron chi connectivity index (χ3n) is 3.64. The number of benzene rings is 2. The highest BCUT2D eigenvalue weighted by Crippen LogP contribution is 2.21. The summed E-state index contributed by atoms with van der Waals surface area (Å²) in [5.74, 6) is 0. The maximum atomic E-state index is 12.8. The van der Waals surface area contributed by atoms with Crippen molar-refractivity contribution in [3.05, 3.63) is 82.1 Å². The van der Waals surface area contributed by atoms with E-state index in [1.54, 1.807) is 18.3 Å². The maximum absolute atomic E-state index is 12.8. The highest BCUT2D eigenvalue weighted by molar-refractivity contribution is 7.71. The van der Waals surface area contributed by atoms with Gasteiger partial charge in [0.15, 0.2) is 0 Å². The van der Waals surface area contributed by atoms with Crippen LogP contribution in [0.3, 0.4) is 0 Å². The Labute approximate surface area is 130 Å². The Morgan fingerprint density at radius 3 is 2.59 bits per heavy atom. The summed E-state index contributed by atoms with van der Waals surface area (Å²) < 4.78 is 3.23. The van der Waals surface area contributed by atoms with E-state index in [-0.39, 0.29) is 10.5 Å². The van der Waals surface area contributed by atoms with Crippen molar-refractivity contribution in [2.24, 2.45) is 0 Å². The van der Waals surface area contributed by atoms with Crippen LogP contribution in [0.4, 0.5) is 0 Å². The SMILES string of the molecule is O=c1n(-c2cccc3ccccc23)c(=S)nc2ccccn12. The molecule has 0 spiro atoms. The molecule has 4 rings (SSSR count). The molecule has 5 heteroatoms. The zero-order valence-electron chi connectivity index (χ0n) is 11.5. The number of hydrogen-bond acceptors (Lipinski definition) is 3. The summed E-state index contributed by atoms with van der Waals surface area (Å²) in [4.78, 5) is 17.2. The van der Waals surface area contributed by atoms with Crippen LogP contribution in [0.1, 0.15) is 0 Å². The molecular weight excluding hydrogens is 294 g/mol. The minimum Gasteiger partial charge on any atom is -0.252 e. The van der Waals surface area contributed by atoms with Crippen LogP contribution in [-0.4, -0.2) is 14.0 Å². The van der Waals surface area contributed by atoms with E-state index >= 15 is 0 Å². The molecule has 0 fully saturated rings. The lowest BCUT2D eigenvalue weighted by molar-refractivity contribution is 0.823. The lowest BCUT2D eigenvalue weighted by atomic mass is 10.1. The normalized spacial score (nSPS) is 11.1. The largest absolute Gasteiger partial charge is 0.340 e. The van der Waals surface area contributed by atoms with Gasteiger partial charge in [0.25, 0.3) is 0 Å². The van der Waals surface area contributed by atoms with Gasteiger partial charge in [-0.2, -0.15) is 0 Å². The van der Waals surface area contributed by atoms with Crippen molar-refractivity contribution in [1.82, 2.24) is 14.0 Å². The summed E-state index contributed by atoms with van der Waals surface area (Å²) in [6, 6.07) is 19.1. The summed E-state index contributed by atoms with van der Waals surface area (Å²) in [6.07, 6.45) is 1.70. The van der Waals surface area contributed by atoms with Gasteiger partial charge in [-0.25, -0.2) is 14.3 Å². The molecule has 0 atom stereocenters. The van der Waals surface area contributed by atoms with Gasteiger partial charge in [0.2, 0.25) is 4.77 Å². The summed E-state index contributed by atoms with van der Waals surface area (Å²) in [5, 5.41) is 2.02. The van der Waals surface area contributed by atoms with E-state index in [0.717, 1.165) is 16.5 Å². The van der Waals surface area contributed by atoms with E-state index in [0.29, 0.717) is 5.65 Å². The molecule has 0 N–H and O–H groups in total. The Morgan fingerprint density at radius 1 is 0.909 bits per heavy atom. The predicted octanol–water partition coefficient (Wildman–Crippen LogP) is 3.37. The second-order valence-corrected chi connectivity index (χ2v) is 5.30. The van der Waals surface area contributed by atoms with E-state index < -0.39 is 0 Å². The van der Waals surface area contributed by atoms with Crippen LogP contribution >= 0.6 is 12.2 Å². The highest BCUT2D eigenvalue weighted by atomic mass is 32.1. The molecule has 2 heterocycles. The third-order valence-corrected chi connectivity index (χ3v) is 3.92. The molecule has 0 radical (unpaired) electrons. The van der Waals surface area contributed by atoms with Gasteiger partial charge in [-0.05, 0) is 35.8 Å². The van der Waals surface area contributed by atoms with Crippen molar-refractivity contribution < 1.29 is 0 Å². The Balaban J connectivity index is 2.18. The number of hydrogen-bond donors (Lipinski definition) is 0. The van der Waals surface area contributed by atoms with E-state index in [1.165, 1.54) is 8.97 Å². The van der Waals surface area contributed by atoms with Crippen LogP contribution < -0.4 is 5.69 Å². The van der Waals surface area contributed by atoms with Gasteiger partial charge in [0.05, 0.1) is 5.69 Å². The van der Waals surface area contributed by atoms with Crippen LogP contribution in [0.25, 0.3) is 22.1 Å². The molecule has 2 aromatic carbocycles. The molecule has 0 saturated carbocycles. The first-order chi connectivity index (χ1) is 10.8. The van der Waals surface area contributed by atoms with Crippen molar-refractivity contribution in [1.29, 1.82) is 0 Å². The lowest BCUT2D eigenvalue weighted by Crippen LogP contribution is -2.27. The first kappa shape index (κ1) is 12.9. The van der Waals surface area contributed by atoms with Crippen LogP contribution in [0, 0.1) is 4.77 Å². The fraction of sp³-hybridized carbons (Fsp3) is 0. The number of rotatable bonds is 1. The molecule has 106 valence electrons. The molecule has 0 aliphatic heterocycles. The van der Waals surface area contributed by atoms with Gasteiger partial charge in [0, 0.05) is 11.6 Å². The quantitative estimate of drug-likeness (QED) is 0.506. The van der Waals surface area contributed by atoms with Crippen LogP contribution in [-0.2, 0) is 0 Å². The Bertz CT molecular complexity index is 1120. The molecule has 0 unspecified atom stereocenters. The predicted molar refractivity (Wildman–Crippen MR) is 89.1 cm³/mol. The van der Waals surface area contributed by atoms with Gasteiger partial charge in [-0.15, -0.1) is 0 Å². The molecule has 0 saturated heterocycles. The summed E-state index contributed by atoms with van der Waals surface area (Å²) in [6.45, 7) is 0. The van der Waals surface area contributed by atoms with Gasteiger partial charge in [0.1, 0.15) is 5.65 Å². The molecule has 22 heavy (non-hydrogen) atoms. The van der Waals surface area contributed by atoms with E-state index in [1.807, 2.05) is 48.5 Å². The van der Waals surface area contributed by atoms with Crippen LogP contribution in [0.5, 0.6) is 0 Å². The number of fused-ring (bicyclic) bond motifs is 2. The van der Waals surface area contributed by atoms with E-state index in [4.69, 9.17) is 12.2 Å². The van der Waals surface area contributed by atoms with Gasteiger partial charge < -0.3 is 0 Å². The highest BCUT2D eigenvalue weighted by Gasteiger charge is 2.09.